The van der Waals surface area contributed by atoms with Crippen LogP contribution in [-0.2, 0) is 0 Å². The number of imidazole rings is 3. The molecule has 3 aromatic heterocycles. The monoisotopic (exact) mass is 818 g/mol. The number of rotatable bonds is 2. The van der Waals surface area contributed by atoms with E-state index in [2.05, 4.69) is 82.0 Å². The fraction of sp³-hybridized carbons (Fsp3) is 0. The number of para-hydroxylation sites is 6. The Morgan fingerprint density at radius 2 is 1.11 bits per heavy atom. The van der Waals surface area contributed by atoms with Crippen molar-refractivity contribution in [1.29, 1.82) is 0 Å². The minimum absolute atomic E-state index is 0. The number of aromatic amines is 1. The maximum Gasteiger partial charge on any atom is 1.00 e. The number of halogens is 4. The molecule has 5 aromatic carbocycles. The molecule has 214 valence electrons. The van der Waals surface area contributed by atoms with Gasteiger partial charge in [0, 0.05) is 7.14 Å². The number of nitrogens with zero attached hydrogens (tertiary/aromatic N) is 5. The van der Waals surface area contributed by atoms with Gasteiger partial charge in [0.15, 0.2) is 11.6 Å². The third-order valence-corrected chi connectivity index (χ3v) is 7.92. The van der Waals surface area contributed by atoms with Crippen LogP contribution in [0.2, 0.25) is 0 Å². The molecule has 8 aromatic rings. The topological polar surface area (TPSA) is 64.3 Å². The van der Waals surface area contributed by atoms with Gasteiger partial charge in [0.05, 0.1) is 50.8 Å². The minimum Gasteiger partial charge on any atom is -1.00 e. The maximum absolute atomic E-state index is 12.2. The zero-order valence-corrected chi connectivity index (χ0v) is 29.7. The first-order chi connectivity index (χ1) is 21.0. The molecule has 0 amide bonds. The molecule has 11 heteroatoms. The Bertz CT molecular complexity index is 2150. The molecule has 0 unspecified atom stereocenters. The van der Waals surface area contributed by atoms with E-state index in [0.717, 1.165) is 56.6 Å². The Morgan fingerprint density at radius 3 is 1.73 bits per heavy atom. The maximum atomic E-state index is 12.2. The van der Waals surface area contributed by atoms with E-state index < -0.39 is 11.6 Å². The molecule has 0 aliphatic heterocycles. The summed E-state index contributed by atoms with van der Waals surface area (Å²) in [4.78, 5) is 16.2. The van der Waals surface area contributed by atoms with Gasteiger partial charge in [-0.2, -0.15) is 0 Å². The second-order valence-electron chi connectivity index (χ2n) is 9.32. The minimum atomic E-state index is -0.796. The van der Waals surface area contributed by atoms with Gasteiger partial charge in [-0.1, -0.05) is 36.4 Å². The Hall–Kier alpha value is -3.17. The number of aromatic nitrogens is 6. The predicted molar refractivity (Wildman–Crippen MR) is 185 cm³/mol. The summed E-state index contributed by atoms with van der Waals surface area (Å²) in [7, 11) is 0. The van der Waals surface area contributed by atoms with Gasteiger partial charge < -0.3 is 6.41 Å². The van der Waals surface area contributed by atoms with Gasteiger partial charge in [-0.25, -0.2) is 23.7 Å². The second-order valence-corrected chi connectivity index (χ2v) is 11.8. The standard InChI is InChI=1S/C20H13IN4.C7H6N2.C6H3F2I.Na.H/c21-14-9-10-19(24-12-22-15-5-1-3-7-17(15)24)20(11-14)25-13-23-16-6-2-4-8-18(16)25;1-2-4-7-6(3-1)8-5-9-7;7-5-2-1-4(9)3-6(5)8;;/h1-13H;1-5H,(H,8,9);1-3H;;/q;;;+1;-1. The third kappa shape index (κ3) is 7.20. The summed E-state index contributed by atoms with van der Waals surface area (Å²) < 4.78 is 30.5. The van der Waals surface area contributed by atoms with Crippen LogP contribution in [0.15, 0.2) is 128 Å². The Kier molecular flexibility index (Phi) is 10.8. The average molecular weight is 818 g/mol. The summed E-state index contributed by atoms with van der Waals surface area (Å²) in [6.45, 7) is 0. The first kappa shape index (κ1) is 32.2. The van der Waals surface area contributed by atoms with Crippen molar-refractivity contribution in [3.8, 4) is 11.4 Å². The molecule has 0 saturated carbocycles. The number of H-pyrrole nitrogens is 1. The van der Waals surface area contributed by atoms with Crippen LogP contribution in [0, 0.1) is 18.8 Å². The van der Waals surface area contributed by atoms with Crippen molar-refractivity contribution in [3.05, 3.63) is 147 Å². The molecule has 0 fully saturated rings. The Balaban J connectivity index is 0.000000190. The molecule has 8 rings (SSSR count). The number of hydrogen-bond donors (Lipinski definition) is 1. The van der Waals surface area contributed by atoms with Crippen LogP contribution >= 0.6 is 45.2 Å². The second kappa shape index (κ2) is 14.7. The summed E-state index contributed by atoms with van der Waals surface area (Å²) in [6, 6.07) is 34.5. The third-order valence-electron chi connectivity index (χ3n) is 6.57. The van der Waals surface area contributed by atoms with E-state index in [4.69, 9.17) is 0 Å². The van der Waals surface area contributed by atoms with E-state index in [-0.39, 0.29) is 31.0 Å². The van der Waals surface area contributed by atoms with Crippen molar-refractivity contribution in [2.75, 3.05) is 0 Å². The Labute approximate surface area is 302 Å². The van der Waals surface area contributed by atoms with E-state index in [1.807, 2.05) is 95.9 Å². The van der Waals surface area contributed by atoms with Gasteiger partial charge in [-0.15, -0.1) is 0 Å². The summed E-state index contributed by atoms with van der Waals surface area (Å²) in [6.07, 6.45) is 5.47. The quantitative estimate of drug-likeness (QED) is 0.128. The van der Waals surface area contributed by atoms with Crippen LogP contribution in [0.5, 0.6) is 0 Å². The molecule has 1 N–H and O–H groups in total. The smallest absolute Gasteiger partial charge is 1.00 e. The van der Waals surface area contributed by atoms with Crippen molar-refractivity contribution in [3.63, 3.8) is 0 Å². The molecular formula is C33H23F2I2N6Na. The zero-order chi connectivity index (χ0) is 29.8. The summed E-state index contributed by atoms with van der Waals surface area (Å²) in [5, 5.41) is 0. The molecule has 44 heavy (non-hydrogen) atoms. The number of benzene rings is 5. The van der Waals surface area contributed by atoms with Crippen LogP contribution in [0.1, 0.15) is 1.43 Å². The van der Waals surface area contributed by atoms with Crippen molar-refractivity contribution >= 4 is 78.3 Å². The van der Waals surface area contributed by atoms with E-state index in [1.54, 1.807) is 6.33 Å². The van der Waals surface area contributed by atoms with Crippen LogP contribution in [0.3, 0.4) is 0 Å². The van der Waals surface area contributed by atoms with Gasteiger partial charge in [-0.05, 0) is 118 Å². The normalized spacial score (nSPS) is 10.5. The number of hydrogen-bond acceptors (Lipinski definition) is 3. The van der Waals surface area contributed by atoms with Crippen LogP contribution in [0.4, 0.5) is 8.78 Å². The van der Waals surface area contributed by atoms with E-state index in [9.17, 15) is 8.78 Å². The molecular weight excluding hydrogens is 795 g/mol. The van der Waals surface area contributed by atoms with Gasteiger partial charge >= 0.3 is 29.6 Å². The number of fused-ring (bicyclic) bond motifs is 3. The molecule has 0 saturated heterocycles. The van der Waals surface area contributed by atoms with Crippen molar-refractivity contribution < 1.29 is 39.8 Å². The molecule has 0 atom stereocenters. The molecule has 0 spiro atoms. The van der Waals surface area contributed by atoms with Crippen LogP contribution in [-0.4, -0.2) is 29.1 Å². The first-order valence-corrected chi connectivity index (χ1v) is 15.3. The van der Waals surface area contributed by atoms with Crippen LogP contribution < -0.4 is 29.6 Å². The average Bonchev–Trinajstić information content (AvgIpc) is 3.78. The summed E-state index contributed by atoms with van der Waals surface area (Å²) in [5.41, 5.74) is 8.45. The largest absolute Gasteiger partial charge is 1.00 e. The van der Waals surface area contributed by atoms with Gasteiger partial charge in [0.1, 0.15) is 12.7 Å². The molecule has 0 radical (unpaired) electrons. The van der Waals surface area contributed by atoms with Gasteiger partial charge in [0.2, 0.25) is 0 Å². The van der Waals surface area contributed by atoms with E-state index in [1.165, 1.54) is 9.64 Å². The predicted octanol–water partition coefficient (Wildman–Crippen LogP) is 6.22. The molecule has 6 nitrogen and oxygen atoms in total. The first-order valence-electron chi connectivity index (χ1n) is 13.1. The Morgan fingerprint density at radius 1 is 0.568 bits per heavy atom. The fourth-order valence-corrected chi connectivity index (χ4v) is 5.47. The van der Waals surface area contributed by atoms with Gasteiger partial charge in [0.25, 0.3) is 0 Å². The van der Waals surface area contributed by atoms with Crippen molar-refractivity contribution in [1.82, 2.24) is 29.1 Å². The summed E-state index contributed by atoms with van der Waals surface area (Å²) >= 11 is 4.26. The molecule has 3 heterocycles. The molecule has 0 bridgehead atoms. The molecule has 0 aliphatic rings. The van der Waals surface area contributed by atoms with E-state index >= 15 is 0 Å². The zero-order valence-electron chi connectivity index (χ0n) is 24.4. The van der Waals surface area contributed by atoms with Crippen molar-refractivity contribution in [2.45, 2.75) is 0 Å². The van der Waals surface area contributed by atoms with Gasteiger partial charge in [-0.3, -0.25) is 9.13 Å². The SMILES string of the molecule is Fc1ccc(I)cc1F.Ic1ccc(-n2cnc3ccccc32)c(-n2cnc3ccccc32)c1.[H-].[Na+].c1ccc2[nH]cnc2c1. The fourth-order valence-electron chi connectivity index (χ4n) is 4.55. The van der Waals surface area contributed by atoms with Crippen molar-refractivity contribution in [2.24, 2.45) is 0 Å². The van der Waals surface area contributed by atoms with Crippen LogP contribution in [0.25, 0.3) is 44.5 Å². The number of nitrogens with one attached hydrogen (secondary N) is 1. The van der Waals surface area contributed by atoms with E-state index in [0.29, 0.717) is 3.57 Å². The summed E-state index contributed by atoms with van der Waals surface area (Å²) in [5.74, 6) is -1.59. The molecule has 0 aliphatic carbocycles.